The summed E-state index contributed by atoms with van der Waals surface area (Å²) in [5, 5.41) is 8.66. The van der Waals surface area contributed by atoms with Crippen LogP contribution in [0, 0.1) is 5.92 Å². The zero-order valence-corrected chi connectivity index (χ0v) is 10.8. The molecule has 0 radical (unpaired) electrons. The summed E-state index contributed by atoms with van der Waals surface area (Å²) in [4.78, 5) is 28.4. The number of rotatable bonds is 5. The van der Waals surface area contributed by atoms with E-state index in [0.717, 1.165) is 18.5 Å². The molecule has 1 aliphatic rings. The summed E-state index contributed by atoms with van der Waals surface area (Å²) < 4.78 is 0. The number of likely N-dealkylation sites (tertiary alicyclic amines) is 1. The molecule has 1 aromatic heterocycles. The maximum Gasteiger partial charge on any atom is 0.303 e. The smallest absolute Gasteiger partial charge is 0.303 e. The lowest BCUT2D eigenvalue weighted by molar-refractivity contribution is -0.137. The molecule has 1 N–H and O–H groups in total. The van der Waals surface area contributed by atoms with Crippen LogP contribution in [0.3, 0.4) is 0 Å². The van der Waals surface area contributed by atoms with Crippen molar-refractivity contribution in [2.75, 3.05) is 13.1 Å². The fraction of sp³-hybridized carbons (Fsp3) is 0.500. The molecule has 0 saturated carbocycles. The number of carboxylic acid groups (broad SMARTS) is 1. The van der Waals surface area contributed by atoms with Crippen molar-refractivity contribution in [3.8, 4) is 0 Å². The van der Waals surface area contributed by atoms with Gasteiger partial charge in [0.1, 0.15) is 0 Å². The molecule has 102 valence electrons. The van der Waals surface area contributed by atoms with Gasteiger partial charge in [0.05, 0.1) is 6.42 Å². The first-order valence-electron chi connectivity index (χ1n) is 6.53. The van der Waals surface area contributed by atoms with E-state index in [-0.39, 0.29) is 12.3 Å². The van der Waals surface area contributed by atoms with Crippen LogP contribution in [0.15, 0.2) is 24.5 Å². The van der Waals surface area contributed by atoms with Gasteiger partial charge in [-0.2, -0.15) is 0 Å². The number of hydrogen-bond donors (Lipinski definition) is 1. The number of nitrogens with zero attached hydrogens (tertiary/aromatic N) is 2. The molecule has 5 nitrogen and oxygen atoms in total. The zero-order chi connectivity index (χ0) is 13.7. The van der Waals surface area contributed by atoms with E-state index in [1.165, 1.54) is 0 Å². The highest BCUT2D eigenvalue weighted by molar-refractivity contribution is 5.79. The van der Waals surface area contributed by atoms with E-state index in [9.17, 15) is 9.59 Å². The average Bonchev–Trinajstić information content (AvgIpc) is 2.86. The molecule has 1 saturated heterocycles. The van der Waals surface area contributed by atoms with Crippen molar-refractivity contribution in [1.82, 2.24) is 9.88 Å². The number of hydrogen-bond acceptors (Lipinski definition) is 3. The third-order valence-electron chi connectivity index (χ3n) is 3.48. The third kappa shape index (κ3) is 4.05. The Kier molecular flexibility index (Phi) is 4.49. The van der Waals surface area contributed by atoms with Crippen LogP contribution in [-0.4, -0.2) is 40.0 Å². The number of aromatic nitrogens is 1. The van der Waals surface area contributed by atoms with Crippen LogP contribution in [-0.2, 0) is 16.0 Å². The summed E-state index contributed by atoms with van der Waals surface area (Å²) in [6.45, 7) is 1.43. The first kappa shape index (κ1) is 13.5. The first-order valence-corrected chi connectivity index (χ1v) is 6.53. The van der Waals surface area contributed by atoms with E-state index < -0.39 is 5.97 Å². The standard InChI is InChI=1S/C14H18N2O3/c17-13(8-12-2-1-6-15-9-12)16-7-5-11(10-16)3-4-14(18)19/h1-2,6,9,11H,3-5,7-8,10H2,(H,18,19). The molecule has 5 heteroatoms. The predicted molar refractivity (Wildman–Crippen MR) is 69.5 cm³/mol. The third-order valence-corrected chi connectivity index (χ3v) is 3.48. The van der Waals surface area contributed by atoms with E-state index in [1.807, 2.05) is 17.0 Å². The number of carbonyl (C=O) groups excluding carboxylic acids is 1. The van der Waals surface area contributed by atoms with Crippen LogP contribution in [0.5, 0.6) is 0 Å². The predicted octanol–water partition coefficient (Wildman–Crippen LogP) is 1.34. The Morgan fingerprint density at radius 3 is 3.00 bits per heavy atom. The van der Waals surface area contributed by atoms with Gasteiger partial charge in [-0.3, -0.25) is 14.6 Å². The van der Waals surface area contributed by atoms with E-state index in [1.54, 1.807) is 12.4 Å². The van der Waals surface area contributed by atoms with Crippen molar-refractivity contribution in [2.24, 2.45) is 5.92 Å². The molecule has 0 spiro atoms. The highest BCUT2D eigenvalue weighted by Crippen LogP contribution is 2.21. The minimum absolute atomic E-state index is 0.103. The Morgan fingerprint density at radius 2 is 2.32 bits per heavy atom. The molecule has 1 amide bonds. The molecule has 1 unspecified atom stereocenters. The maximum absolute atomic E-state index is 12.1. The molecule has 1 aromatic rings. The Hall–Kier alpha value is -1.91. The van der Waals surface area contributed by atoms with Gasteiger partial charge in [0, 0.05) is 31.9 Å². The quantitative estimate of drug-likeness (QED) is 0.869. The van der Waals surface area contributed by atoms with Crippen LogP contribution < -0.4 is 0 Å². The molecule has 19 heavy (non-hydrogen) atoms. The lowest BCUT2D eigenvalue weighted by Crippen LogP contribution is -2.30. The van der Waals surface area contributed by atoms with Gasteiger partial charge in [0.2, 0.25) is 5.91 Å². The van der Waals surface area contributed by atoms with Gasteiger partial charge in [0.25, 0.3) is 0 Å². The van der Waals surface area contributed by atoms with Crippen molar-refractivity contribution < 1.29 is 14.7 Å². The summed E-state index contributed by atoms with van der Waals surface area (Å²) in [5.41, 5.74) is 0.918. The Balaban J connectivity index is 1.80. The van der Waals surface area contributed by atoms with Crippen molar-refractivity contribution in [2.45, 2.75) is 25.7 Å². The molecular weight excluding hydrogens is 244 g/mol. The Labute approximate surface area is 112 Å². The minimum Gasteiger partial charge on any atom is -0.481 e. The van der Waals surface area contributed by atoms with Crippen LogP contribution in [0.25, 0.3) is 0 Å². The van der Waals surface area contributed by atoms with Crippen LogP contribution >= 0.6 is 0 Å². The number of carbonyl (C=O) groups is 2. The highest BCUT2D eigenvalue weighted by atomic mass is 16.4. The second kappa shape index (κ2) is 6.31. The molecular formula is C14H18N2O3. The van der Waals surface area contributed by atoms with Crippen LogP contribution in [0.1, 0.15) is 24.8 Å². The fourth-order valence-corrected chi connectivity index (χ4v) is 2.41. The topological polar surface area (TPSA) is 70.5 Å². The number of amides is 1. The van der Waals surface area contributed by atoms with Gasteiger partial charge in [-0.1, -0.05) is 6.07 Å². The van der Waals surface area contributed by atoms with Gasteiger partial charge in [-0.05, 0) is 30.4 Å². The number of pyridine rings is 1. The maximum atomic E-state index is 12.1. The van der Waals surface area contributed by atoms with Gasteiger partial charge in [0.15, 0.2) is 0 Å². The normalized spacial score (nSPS) is 18.5. The van der Waals surface area contributed by atoms with Crippen LogP contribution in [0.2, 0.25) is 0 Å². The van der Waals surface area contributed by atoms with Crippen molar-refractivity contribution in [3.63, 3.8) is 0 Å². The fourth-order valence-electron chi connectivity index (χ4n) is 2.41. The summed E-state index contributed by atoms with van der Waals surface area (Å²) in [7, 11) is 0. The lowest BCUT2D eigenvalue weighted by atomic mass is 10.0. The summed E-state index contributed by atoms with van der Waals surface area (Å²) in [5.74, 6) is -0.333. The molecule has 1 atom stereocenters. The molecule has 2 rings (SSSR count). The second-order valence-corrected chi connectivity index (χ2v) is 4.96. The van der Waals surface area contributed by atoms with E-state index in [0.29, 0.717) is 25.3 Å². The Bertz CT molecular complexity index is 447. The second-order valence-electron chi connectivity index (χ2n) is 4.96. The van der Waals surface area contributed by atoms with Crippen molar-refractivity contribution >= 4 is 11.9 Å². The summed E-state index contributed by atoms with van der Waals surface area (Å²) in [6, 6.07) is 3.71. The monoisotopic (exact) mass is 262 g/mol. The summed E-state index contributed by atoms with van der Waals surface area (Å²) >= 11 is 0. The average molecular weight is 262 g/mol. The molecule has 1 fully saturated rings. The number of aliphatic carboxylic acids is 1. The molecule has 2 heterocycles. The molecule has 0 aromatic carbocycles. The number of carboxylic acids is 1. The van der Waals surface area contributed by atoms with Gasteiger partial charge in [-0.25, -0.2) is 0 Å². The van der Waals surface area contributed by atoms with E-state index in [4.69, 9.17) is 5.11 Å². The largest absolute Gasteiger partial charge is 0.481 e. The van der Waals surface area contributed by atoms with E-state index >= 15 is 0 Å². The van der Waals surface area contributed by atoms with E-state index in [2.05, 4.69) is 4.98 Å². The summed E-state index contributed by atoms with van der Waals surface area (Å²) in [6.07, 6.45) is 5.52. The van der Waals surface area contributed by atoms with Crippen molar-refractivity contribution in [3.05, 3.63) is 30.1 Å². The molecule has 0 bridgehead atoms. The first-order chi connectivity index (χ1) is 9.15. The van der Waals surface area contributed by atoms with Crippen LogP contribution in [0.4, 0.5) is 0 Å². The SMILES string of the molecule is O=C(O)CCC1CCN(C(=O)Cc2cccnc2)C1. The highest BCUT2D eigenvalue weighted by Gasteiger charge is 2.26. The minimum atomic E-state index is -0.764. The van der Waals surface area contributed by atoms with Crippen molar-refractivity contribution in [1.29, 1.82) is 0 Å². The zero-order valence-electron chi connectivity index (χ0n) is 10.8. The van der Waals surface area contributed by atoms with Gasteiger partial charge in [-0.15, -0.1) is 0 Å². The lowest BCUT2D eigenvalue weighted by Gasteiger charge is -2.16. The van der Waals surface area contributed by atoms with Gasteiger partial charge >= 0.3 is 5.97 Å². The molecule has 1 aliphatic heterocycles. The van der Waals surface area contributed by atoms with Gasteiger partial charge < -0.3 is 10.0 Å². The Morgan fingerprint density at radius 1 is 1.47 bits per heavy atom. The molecule has 0 aliphatic carbocycles.